The number of carbonyl (C=O) groups is 2. The summed E-state index contributed by atoms with van der Waals surface area (Å²) in [6, 6.07) is 8.16. The Morgan fingerprint density at radius 1 is 1.13 bits per heavy atom. The highest BCUT2D eigenvalue weighted by atomic mass is 19.3. The summed E-state index contributed by atoms with van der Waals surface area (Å²) in [5.74, 6) is -0.682. The molecule has 2 amide bonds. The molecule has 11 heteroatoms. The average Bonchev–Trinajstić information content (AvgIpc) is 3.15. The van der Waals surface area contributed by atoms with E-state index in [-0.39, 0.29) is 28.8 Å². The number of phenols is 1. The number of phenolic OH excluding ortho intramolecular Hbond substituents is 1. The van der Waals surface area contributed by atoms with Gasteiger partial charge in [0, 0.05) is 37.0 Å². The number of hydrogen-bond donors (Lipinski definition) is 2. The Kier molecular flexibility index (Phi) is 5.48. The molecule has 2 N–H and O–H groups in total. The molecule has 1 fully saturated rings. The van der Waals surface area contributed by atoms with Crippen LogP contribution in [0, 0.1) is 0 Å². The van der Waals surface area contributed by atoms with Gasteiger partial charge in [-0.2, -0.15) is 13.9 Å². The minimum atomic E-state index is -2.83. The zero-order valence-electron chi connectivity index (χ0n) is 16.0. The Morgan fingerprint density at radius 3 is 2.55 bits per heavy atom. The number of anilines is 1. The number of benzene rings is 1. The molecule has 0 unspecified atom stereocenters. The maximum absolute atomic E-state index is 12.6. The number of likely N-dealkylation sites (tertiary alicyclic amines) is 1. The normalized spacial score (nSPS) is 13.1. The minimum Gasteiger partial charge on any atom is -0.508 e. The average molecular weight is 429 g/mol. The summed E-state index contributed by atoms with van der Waals surface area (Å²) in [7, 11) is 0. The van der Waals surface area contributed by atoms with Crippen LogP contribution in [0.15, 0.2) is 48.8 Å². The number of nitrogens with zero attached hydrogens (tertiary/aromatic N) is 4. The number of hydrogen-bond acceptors (Lipinski definition) is 6. The lowest BCUT2D eigenvalue weighted by Gasteiger charge is -2.30. The molecular weight excluding hydrogens is 412 g/mol. The third kappa shape index (κ3) is 4.60. The Labute approximate surface area is 174 Å². The van der Waals surface area contributed by atoms with Crippen LogP contribution in [-0.4, -0.2) is 49.7 Å². The highest BCUT2D eigenvalue weighted by molar-refractivity contribution is 6.04. The van der Waals surface area contributed by atoms with Crippen LogP contribution in [0.4, 0.5) is 14.6 Å². The van der Waals surface area contributed by atoms with Crippen LogP contribution in [0.2, 0.25) is 0 Å². The van der Waals surface area contributed by atoms with Gasteiger partial charge in [0.25, 0.3) is 11.8 Å². The minimum absolute atomic E-state index is 0.0270. The predicted octanol–water partition coefficient (Wildman–Crippen LogP) is 3.27. The molecule has 3 aromatic rings. The van der Waals surface area contributed by atoms with Gasteiger partial charge in [0.05, 0.1) is 6.20 Å². The van der Waals surface area contributed by atoms with Crippen molar-refractivity contribution in [2.45, 2.75) is 13.0 Å². The molecule has 1 saturated heterocycles. The van der Waals surface area contributed by atoms with E-state index >= 15 is 0 Å². The van der Waals surface area contributed by atoms with Crippen molar-refractivity contribution in [1.82, 2.24) is 19.7 Å². The van der Waals surface area contributed by atoms with Gasteiger partial charge in [-0.05, 0) is 30.7 Å². The summed E-state index contributed by atoms with van der Waals surface area (Å²) < 4.78 is 31.2. The third-order valence-electron chi connectivity index (χ3n) is 4.54. The van der Waals surface area contributed by atoms with Gasteiger partial charge in [0.15, 0.2) is 5.82 Å². The molecule has 0 radical (unpaired) electrons. The summed E-state index contributed by atoms with van der Waals surface area (Å²) in [5.41, 5.74) is 0.324. The zero-order chi connectivity index (χ0) is 22.0. The summed E-state index contributed by atoms with van der Waals surface area (Å²) in [6.07, 6.45) is 3.38. The molecule has 3 heterocycles. The van der Waals surface area contributed by atoms with E-state index in [9.17, 15) is 23.5 Å². The molecule has 0 saturated carbocycles. The summed E-state index contributed by atoms with van der Waals surface area (Å²) in [6.45, 7) is -1.39. The molecule has 9 nitrogen and oxygen atoms in total. The molecular formula is C20H17F2N5O4. The van der Waals surface area contributed by atoms with Gasteiger partial charge in [0.2, 0.25) is 0 Å². The van der Waals surface area contributed by atoms with E-state index in [4.69, 9.17) is 4.74 Å². The first-order chi connectivity index (χ1) is 14.9. The maximum Gasteiger partial charge on any atom is 0.333 e. The second kappa shape index (κ2) is 8.38. The maximum atomic E-state index is 12.6. The van der Waals surface area contributed by atoms with Gasteiger partial charge in [-0.3, -0.25) is 9.59 Å². The van der Waals surface area contributed by atoms with Crippen molar-refractivity contribution in [3.8, 4) is 17.2 Å². The van der Waals surface area contributed by atoms with Gasteiger partial charge in [-0.15, -0.1) is 0 Å². The van der Waals surface area contributed by atoms with Crippen LogP contribution in [0.5, 0.6) is 17.2 Å². The van der Waals surface area contributed by atoms with Gasteiger partial charge in [-0.1, -0.05) is 0 Å². The lowest BCUT2D eigenvalue weighted by Crippen LogP contribution is -2.42. The largest absolute Gasteiger partial charge is 0.508 e. The van der Waals surface area contributed by atoms with Crippen molar-refractivity contribution in [2.24, 2.45) is 0 Å². The van der Waals surface area contributed by atoms with E-state index < -0.39 is 12.5 Å². The molecule has 1 aliphatic heterocycles. The Morgan fingerprint density at radius 2 is 1.94 bits per heavy atom. The van der Waals surface area contributed by atoms with Crippen LogP contribution in [-0.2, 0) is 0 Å². The quantitative estimate of drug-likeness (QED) is 0.623. The summed E-state index contributed by atoms with van der Waals surface area (Å²) in [5, 5.41) is 15.8. The van der Waals surface area contributed by atoms with Crippen LogP contribution >= 0.6 is 0 Å². The van der Waals surface area contributed by atoms with Crippen LogP contribution in [0.25, 0.3) is 0 Å². The van der Waals surface area contributed by atoms with Crippen molar-refractivity contribution in [1.29, 1.82) is 0 Å². The van der Waals surface area contributed by atoms with Crippen molar-refractivity contribution in [3.63, 3.8) is 0 Å². The number of ether oxygens (including phenoxy) is 1. The number of aromatic hydroxyl groups is 1. The first-order valence-electron chi connectivity index (χ1n) is 9.31. The Hall–Kier alpha value is -4.02. The van der Waals surface area contributed by atoms with E-state index in [0.717, 1.165) is 25.7 Å². The second-order valence-corrected chi connectivity index (χ2v) is 6.76. The number of rotatable bonds is 6. The number of halogens is 2. The van der Waals surface area contributed by atoms with Crippen LogP contribution < -0.4 is 10.1 Å². The lowest BCUT2D eigenvalue weighted by molar-refractivity contribution is 0.0568. The van der Waals surface area contributed by atoms with Gasteiger partial charge in [0.1, 0.15) is 22.9 Å². The summed E-state index contributed by atoms with van der Waals surface area (Å²) in [4.78, 5) is 30.3. The van der Waals surface area contributed by atoms with E-state index in [1.54, 1.807) is 11.0 Å². The molecule has 2 aromatic heterocycles. The molecule has 31 heavy (non-hydrogen) atoms. The van der Waals surface area contributed by atoms with Crippen molar-refractivity contribution < 1.29 is 28.2 Å². The smallest absolute Gasteiger partial charge is 0.333 e. The molecule has 160 valence electrons. The number of nitrogens with one attached hydrogen (secondary N) is 1. The highest BCUT2D eigenvalue weighted by Crippen LogP contribution is 2.27. The van der Waals surface area contributed by atoms with E-state index in [1.807, 2.05) is 0 Å². The highest BCUT2D eigenvalue weighted by Gasteiger charge is 2.22. The molecule has 1 aliphatic rings. The predicted molar refractivity (Wildman–Crippen MR) is 104 cm³/mol. The first-order valence-corrected chi connectivity index (χ1v) is 9.31. The number of aromatic nitrogens is 3. The van der Waals surface area contributed by atoms with Crippen molar-refractivity contribution >= 4 is 17.6 Å². The topological polar surface area (TPSA) is 110 Å². The van der Waals surface area contributed by atoms with Crippen LogP contribution in [0.3, 0.4) is 0 Å². The second-order valence-electron chi connectivity index (χ2n) is 6.76. The molecule has 0 aliphatic carbocycles. The lowest BCUT2D eigenvalue weighted by atomic mass is 10.2. The first kappa shape index (κ1) is 20.3. The monoisotopic (exact) mass is 429 g/mol. The zero-order valence-corrected chi connectivity index (χ0v) is 16.0. The SMILES string of the molecule is O=C(Nc1ccn(C(F)F)n1)c1cc(O)cc(Oc2ccc(C(=O)N3CCC3)nc2)c1. The number of alkyl halides is 2. The number of amides is 2. The fourth-order valence-corrected chi connectivity index (χ4v) is 2.86. The van der Waals surface area contributed by atoms with E-state index in [2.05, 4.69) is 15.4 Å². The van der Waals surface area contributed by atoms with Gasteiger partial charge < -0.3 is 20.1 Å². The number of carbonyl (C=O) groups excluding carboxylic acids is 2. The van der Waals surface area contributed by atoms with Crippen molar-refractivity contribution in [3.05, 3.63) is 60.0 Å². The Balaban J connectivity index is 1.45. The molecule has 4 rings (SSSR count). The fourth-order valence-electron chi connectivity index (χ4n) is 2.86. The number of pyridine rings is 1. The summed E-state index contributed by atoms with van der Waals surface area (Å²) >= 11 is 0. The van der Waals surface area contributed by atoms with Gasteiger partial charge >= 0.3 is 6.55 Å². The molecule has 1 aromatic carbocycles. The van der Waals surface area contributed by atoms with Crippen LogP contribution in [0.1, 0.15) is 33.8 Å². The molecule has 0 bridgehead atoms. The van der Waals surface area contributed by atoms with E-state index in [1.165, 1.54) is 36.5 Å². The van der Waals surface area contributed by atoms with Gasteiger partial charge in [-0.25, -0.2) is 9.67 Å². The van der Waals surface area contributed by atoms with Crippen molar-refractivity contribution in [2.75, 3.05) is 18.4 Å². The standard InChI is InChI=1S/C20H17F2N5O4/c21-20(22)27-7-4-17(25-27)24-18(29)12-8-13(28)10-15(9-12)31-14-2-3-16(23-11-14)19(30)26-5-1-6-26/h2-4,7-11,20,28H,1,5-6H2,(H,24,25,29). The fraction of sp³-hybridized carbons (Fsp3) is 0.200. The molecule has 0 spiro atoms. The molecule has 0 atom stereocenters. The third-order valence-corrected chi connectivity index (χ3v) is 4.54. The Bertz CT molecular complexity index is 1110. The van der Waals surface area contributed by atoms with E-state index in [0.29, 0.717) is 16.1 Å².